The van der Waals surface area contributed by atoms with Gasteiger partial charge in [-0.2, -0.15) is 0 Å². The number of carbonyl (C=O) groups excluding carboxylic acids is 3. The quantitative estimate of drug-likeness (QED) is 0.613. The molecule has 0 saturated carbocycles. The molecule has 0 saturated heterocycles. The van der Waals surface area contributed by atoms with Crippen LogP contribution >= 0.6 is 11.6 Å². The summed E-state index contributed by atoms with van der Waals surface area (Å²) < 4.78 is 30.9. The van der Waals surface area contributed by atoms with Crippen LogP contribution in [0.5, 0.6) is 0 Å². The number of rotatable bonds is 5. The number of anilines is 2. The van der Waals surface area contributed by atoms with Crippen molar-refractivity contribution in [2.75, 3.05) is 17.2 Å². The number of benzene rings is 2. The number of halogens is 3. The maximum absolute atomic E-state index is 13.2. The summed E-state index contributed by atoms with van der Waals surface area (Å²) in [5, 5.41) is 4.70. The molecule has 0 atom stereocenters. The third-order valence-electron chi connectivity index (χ3n) is 3.05. The standard InChI is InChI=1S/C17H13ClF2N2O4/c1-9(23)21-10-2-4-11(5-3-10)22-16(24)8-26-17(25)12-6-14(19)15(20)7-13(12)18/h2-7H,8H2,1H3,(H,21,23)(H,22,24). The predicted octanol–water partition coefficient (Wildman–Crippen LogP) is 3.37. The normalized spacial score (nSPS) is 10.2. The molecule has 2 rings (SSSR count). The summed E-state index contributed by atoms with van der Waals surface area (Å²) in [6.07, 6.45) is 0. The summed E-state index contributed by atoms with van der Waals surface area (Å²) in [4.78, 5) is 34.5. The third kappa shape index (κ3) is 5.25. The number of hydrogen-bond acceptors (Lipinski definition) is 4. The number of amides is 2. The highest BCUT2D eigenvalue weighted by molar-refractivity contribution is 6.33. The molecule has 6 nitrogen and oxygen atoms in total. The number of nitrogens with one attached hydrogen (secondary N) is 2. The summed E-state index contributed by atoms with van der Waals surface area (Å²) in [7, 11) is 0. The van der Waals surface area contributed by atoms with Crippen molar-refractivity contribution in [3.63, 3.8) is 0 Å². The smallest absolute Gasteiger partial charge is 0.340 e. The van der Waals surface area contributed by atoms with Gasteiger partial charge in [0, 0.05) is 18.3 Å². The molecule has 0 unspecified atom stereocenters. The molecule has 9 heteroatoms. The Labute approximate surface area is 152 Å². The van der Waals surface area contributed by atoms with Gasteiger partial charge in [0.15, 0.2) is 18.2 Å². The Kier molecular flexibility index (Phi) is 6.24. The predicted molar refractivity (Wildman–Crippen MR) is 91.0 cm³/mol. The van der Waals surface area contributed by atoms with Crippen LogP contribution in [-0.2, 0) is 14.3 Å². The van der Waals surface area contributed by atoms with E-state index in [1.165, 1.54) is 19.1 Å². The van der Waals surface area contributed by atoms with Gasteiger partial charge in [-0.3, -0.25) is 9.59 Å². The first kappa shape index (κ1) is 19.3. The zero-order valence-corrected chi connectivity index (χ0v) is 14.2. The van der Waals surface area contributed by atoms with Crippen LogP contribution in [0.3, 0.4) is 0 Å². The Morgan fingerprint density at radius 2 is 1.54 bits per heavy atom. The van der Waals surface area contributed by atoms with E-state index in [1.54, 1.807) is 12.1 Å². The van der Waals surface area contributed by atoms with E-state index in [4.69, 9.17) is 16.3 Å². The molecule has 0 aliphatic rings. The first-order chi connectivity index (χ1) is 12.3. The summed E-state index contributed by atoms with van der Waals surface area (Å²) >= 11 is 5.65. The van der Waals surface area contributed by atoms with Gasteiger partial charge in [0.2, 0.25) is 5.91 Å². The van der Waals surface area contributed by atoms with Crippen LogP contribution in [0.4, 0.5) is 20.2 Å². The van der Waals surface area contributed by atoms with Crippen molar-refractivity contribution in [2.24, 2.45) is 0 Å². The van der Waals surface area contributed by atoms with E-state index in [0.29, 0.717) is 23.5 Å². The average molecular weight is 383 g/mol. The van der Waals surface area contributed by atoms with E-state index >= 15 is 0 Å². The fourth-order valence-electron chi connectivity index (χ4n) is 1.93. The largest absolute Gasteiger partial charge is 0.452 e. The molecule has 0 aromatic heterocycles. The zero-order valence-electron chi connectivity index (χ0n) is 13.4. The molecule has 136 valence electrons. The Morgan fingerprint density at radius 3 is 2.12 bits per heavy atom. The van der Waals surface area contributed by atoms with Gasteiger partial charge in [-0.1, -0.05) is 11.6 Å². The summed E-state index contributed by atoms with van der Waals surface area (Å²) in [5.41, 5.74) is 0.568. The van der Waals surface area contributed by atoms with Crippen LogP contribution in [0.1, 0.15) is 17.3 Å². The fraction of sp³-hybridized carbons (Fsp3) is 0.118. The average Bonchev–Trinajstić information content (AvgIpc) is 2.57. The van der Waals surface area contributed by atoms with E-state index < -0.39 is 35.7 Å². The van der Waals surface area contributed by atoms with Gasteiger partial charge in [0.1, 0.15) is 0 Å². The van der Waals surface area contributed by atoms with Crippen LogP contribution in [0, 0.1) is 11.6 Å². The van der Waals surface area contributed by atoms with Crippen molar-refractivity contribution in [2.45, 2.75) is 6.92 Å². The fourth-order valence-corrected chi connectivity index (χ4v) is 2.15. The molecule has 0 aliphatic heterocycles. The number of carbonyl (C=O) groups is 3. The highest BCUT2D eigenvalue weighted by atomic mass is 35.5. The Bertz CT molecular complexity index is 857. The first-order valence-electron chi connectivity index (χ1n) is 7.25. The van der Waals surface area contributed by atoms with Crippen molar-refractivity contribution in [3.8, 4) is 0 Å². The lowest BCUT2D eigenvalue weighted by Gasteiger charge is -2.09. The van der Waals surface area contributed by atoms with E-state index in [0.717, 1.165) is 0 Å². The minimum Gasteiger partial charge on any atom is -0.452 e. The topological polar surface area (TPSA) is 84.5 Å². The van der Waals surface area contributed by atoms with Crippen LogP contribution in [-0.4, -0.2) is 24.4 Å². The molecule has 2 aromatic rings. The highest BCUT2D eigenvalue weighted by Gasteiger charge is 2.17. The van der Waals surface area contributed by atoms with Crippen molar-refractivity contribution in [1.82, 2.24) is 0 Å². The second-order valence-electron chi connectivity index (χ2n) is 5.13. The van der Waals surface area contributed by atoms with E-state index in [2.05, 4.69) is 10.6 Å². The van der Waals surface area contributed by atoms with Crippen molar-refractivity contribution < 1.29 is 27.9 Å². The van der Waals surface area contributed by atoms with Crippen LogP contribution in [0.2, 0.25) is 5.02 Å². The molecule has 2 N–H and O–H groups in total. The molecular formula is C17H13ClF2N2O4. The molecule has 0 bridgehead atoms. The van der Waals surface area contributed by atoms with Crippen molar-refractivity contribution in [1.29, 1.82) is 0 Å². The number of hydrogen-bond donors (Lipinski definition) is 2. The van der Waals surface area contributed by atoms with Gasteiger partial charge >= 0.3 is 5.97 Å². The van der Waals surface area contributed by atoms with Gasteiger partial charge in [0.25, 0.3) is 5.91 Å². The second kappa shape index (κ2) is 8.39. The van der Waals surface area contributed by atoms with Crippen LogP contribution in [0.25, 0.3) is 0 Å². The molecule has 26 heavy (non-hydrogen) atoms. The summed E-state index contributed by atoms with van der Waals surface area (Å²) in [6, 6.07) is 7.46. The molecule has 0 fully saturated rings. The SMILES string of the molecule is CC(=O)Nc1ccc(NC(=O)COC(=O)c2cc(F)c(F)cc2Cl)cc1. The number of esters is 1. The Hall–Kier alpha value is -3.00. The molecule has 2 amide bonds. The van der Waals surface area contributed by atoms with Gasteiger partial charge in [0.05, 0.1) is 10.6 Å². The molecule has 2 aromatic carbocycles. The lowest BCUT2D eigenvalue weighted by molar-refractivity contribution is -0.119. The van der Waals surface area contributed by atoms with Crippen molar-refractivity contribution >= 4 is 40.8 Å². The molecule has 0 aliphatic carbocycles. The Balaban J connectivity index is 1.91. The van der Waals surface area contributed by atoms with E-state index in [9.17, 15) is 23.2 Å². The zero-order chi connectivity index (χ0) is 19.3. The lowest BCUT2D eigenvalue weighted by atomic mass is 10.2. The molecular weight excluding hydrogens is 370 g/mol. The second-order valence-corrected chi connectivity index (χ2v) is 5.54. The first-order valence-corrected chi connectivity index (χ1v) is 7.63. The molecule has 0 radical (unpaired) electrons. The van der Waals surface area contributed by atoms with E-state index in [-0.39, 0.29) is 10.9 Å². The van der Waals surface area contributed by atoms with Crippen LogP contribution in [0.15, 0.2) is 36.4 Å². The monoisotopic (exact) mass is 382 g/mol. The third-order valence-corrected chi connectivity index (χ3v) is 3.37. The summed E-state index contributed by atoms with van der Waals surface area (Å²) in [5.74, 6) is -4.41. The van der Waals surface area contributed by atoms with Gasteiger partial charge in [-0.25, -0.2) is 13.6 Å². The minimum atomic E-state index is -1.26. The maximum atomic E-state index is 13.2. The van der Waals surface area contributed by atoms with Crippen LogP contribution < -0.4 is 10.6 Å². The van der Waals surface area contributed by atoms with E-state index in [1.807, 2.05) is 0 Å². The highest BCUT2D eigenvalue weighted by Crippen LogP contribution is 2.21. The van der Waals surface area contributed by atoms with Crippen molar-refractivity contribution in [3.05, 3.63) is 58.6 Å². The summed E-state index contributed by atoms with van der Waals surface area (Å²) in [6.45, 7) is 0.713. The number of ether oxygens (including phenoxy) is 1. The molecule has 0 spiro atoms. The molecule has 0 heterocycles. The maximum Gasteiger partial charge on any atom is 0.340 e. The van der Waals surface area contributed by atoms with Gasteiger partial charge in [-0.05, 0) is 36.4 Å². The Morgan fingerprint density at radius 1 is 1.00 bits per heavy atom. The van der Waals surface area contributed by atoms with Gasteiger partial charge < -0.3 is 15.4 Å². The minimum absolute atomic E-state index is 0.232. The lowest BCUT2D eigenvalue weighted by Crippen LogP contribution is -2.21. The van der Waals surface area contributed by atoms with Gasteiger partial charge in [-0.15, -0.1) is 0 Å².